The van der Waals surface area contributed by atoms with Gasteiger partial charge in [0, 0.05) is 18.8 Å². The molecule has 1 spiro atoms. The topological polar surface area (TPSA) is 38.8 Å². The van der Waals surface area contributed by atoms with Gasteiger partial charge in [0.2, 0.25) is 0 Å². The van der Waals surface area contributed by atoms with Crippen molar-refractivity contribution in [2.75, 3.05) is 6.61 Å². The molecule has 128 valence electrons. The first-order valence-corrected chi connectivity index (χ1v) is 9.10. The van der Waals surface area contributed by atoms with Crippen molar-refractivity contribution in [3.05, 3.63) is 46.8 Å². The Labute approximate surface area is 143 Å². The summed E-state index contributed by atoms with van der Waals surface area (Å²) in [4.78, 5) is 14.4. The summed E-state index contributed by atoms with van der Waals surface area (Å²) in [6.07, 6.45) is 14.2. The van der Waals surface area contributed by atoms with Gasteiger partial charge in [0.1, 0.15) is 11.5 Å². The van der Waals surface area contributed by atoms with E-state index >= 15 is 0 Å². The van der Waals surface area contributed by atoms with Gasteiger partial charge < -0.3 is 14.4 Å². The maximum absolute atomic E-state index is 12.2. The zero-order valence-electron chi connectivity index (χ0n) is 14.6. The van der Waals surface area contributed by atoms with Gasteiger partial charge in [-0.3, -0.25) is 0 Å². The highest BCUT2D eigenvalue weighted by Crippen LogP contribution is 2.60. The molecule has 2 fully saturated rings. The highest BCUT2D eigenvalue weighted by atomic mass is 16.5. The van der Waals surface area contributed by atoms with E-state index in [1.807, 2.05) is 13.8 Å². The fourth-order valence-electron chi connectivity index (χ4n) is 4.45. The first-order chi connectivity index (χ1) is 11.7. The maximum atomic E-state index is 12.2. The molecule has 3 heterocycles. The quantitative estimate of drug-likeness (QED) is 0.552. The number of fused-ring (bicyclic) bond motifs is 1. The smallest absolute Gasteiger partial charge is 0.337 e. The number of carbonyl (C=O) groups excluding carboxylic acids is 1. The Balaban J connectivity index is 1.79. The summed E-state index contributed by atoms with van der Waals surface area (Å²) >= 11 is 0. The number of hydrogen-bond donors (Lipinski definition) is 0. The van der Waals surface area contributed by atoms with Crippen LogP contribution >= 0.6 is 0 Å². The van der Waals surface area contributed by atoms with Crippen LogP contribution in [0.15, 0.2) is 46.8 Å². The lowest BCUT2D eigenvalue weighted by Gasteiger charge is -2.42. The number of rotatable bonds is 2. The van der Waals surface area contributed by atoms with Crippen molar-refractivity contribution in [2.45, 2.75) is 58.8 Å². The summed E-state index contributed by atoms with van der Waals surface area (Å²) in [6, 6.07) is 0. The Morgan fingerprint density at radius 1 is 1.38 bits per heavy atom. The minimum atomic E-state index is -0.255. The second kappa shape index (κ2) is 5.83. The van der Waals surface area contributed by atoms with Crippen LogP contribution < -0.4 is 0 Å². The number of nitrogens with zero attached hydrogens (tertiary/aromatic N) is 1. The molecule has 1 saturated carbocycles. The molecule has 4 aliphatic rings. The molecule has 1 atom stereocenters. The van der Waals surface area contributed by atoms with Crippen LogP contribution in [0.4, 0.5) is 0 Å². The van der Waals surface area contributed by atoms with E-state index in [-0.39, 0.29) is 11.4 Å². The highest BCUT2D eigenvalue weighted by Gasteiger charge is 2.52. The van der Waals surface area contributed by atoms with Crippen LogP contribution in [-0.4, -0.2) is 17.5 Å². The second-order valence-electron chi connectivity index (χ2n) is 7.10. The first kappa shape index (κ1) is 15.6. The third-order valence-corrected chi connectivity index (χ3v) is 5.72. The zero-order valence-corrected chi connectivity index (χ0v) is 14.6. The van der Waals surface area contributed by atoms with Crippen LogP contribution in [0.25, 0.3) is 0 Å². The third kappa shape index (κ3) is 2.23. The largest absolute Gasteiger partial charge is 0.463 e. The molecule has 3 aliphatic heterocycles. The molecular weight excluding hydrogens is 302 g/mol. The molecule has 0 amide bonds. The lowest BCUT2D eigenvalue weighted by atomic mass is 9.66. The molecule has 4 nitrogen and oxygen atoms in total. The first-order valence-electron chi connectivity index (χ1n) is 9.10. The molecular formula is C20H25NO3. The summed E-state index contributed by atoms with van der Waals surface area (Å²) in [7, 11) is 0. The molecule has 0 aromatic carbocycles. The number of ether oxygens (including phenoxy) is 2. The van der Waals surface area contributed by atoms with Crippen LogP contribution in [0.5, 0.6) is 0 Å². The molecule has 24 heavy (non-hydrogen) atoms. The fraction of sp³-hybridized carbons (Fsp3) is 0.550. The van der Waals surface area contributed by atoms with E-state index < -0.39 is 0 Å². The summed E-state index contributed by atoms with van der Waals surface area (Å²) < 4.78 is 11.5. The fourth-order valence-corrected chi connectivity index (χ4v) is 4.45. The number of carbonyl (C=O) groups is 1. The van der Waals surface area contributed by atoms with Crippen molar-refractivity contribution in [3.63, 3.8) is 0 Å². The van der Waals surface area contributed by atoms with Crippen molar-refractivity contribution >= 4 is 5.97 Å². The predicted molar refractivity (Wildman–Crippen MR) is 91.3 cm³/mol. The van der Waals surface area contributed by atoms with Gasteiger partial charge in [-0.15, -0.1) is 0 Å². The lowest BCUT2D eigenvalue weighted by molar-refractivity contribution is -0.138. The van der Waals surface area contributed by atoms with Crippen molar-refractivity contribution in [2.24, 2.45) is 5.41 Å². The van der Waals surface area contributed by atoms with Gasteiger partial charge in [-0.1, -0.05) is 12.5 Å². The summed E-state index contributed by atoms with van der Waals surface area (Å²) in [5, 5.41) is 0. The Bertz CT molecular complexity index is 698. The Morgan fingerprint density at radius 3 is 3.08 bits per heavy atom. The summed E-state index contributed by atoms with van der Waals surface area (Å²) in [5.41, 5.74) is 3.34. The normalized spacial score (nSPS) is 30.1. The molecule has 1 aliphatic carbocycles. The van der Waals surface area contributed by atoms with E-state index in [0.717, 1.165) is 43.6 Å². The number of hydrogen-bond acceptors (Lipinski definition) is 4. The Morgan fingerprint density at radius 2 is 2.25 bits per heavy atom. The predicted octanol–water partition coefficient (Wildman–Crippen LogP) is 4.52. The van der Waals surface area contributed by atoms with Gasteiger partial charge in [-0.2, -0.15) is 0 Å². The standard InChI is InChI=1S/C20H25NO3/c1-3-23-19(22)14(2)17-12-20-10-6-4-8-15(20)13-21-11-7-5-9-16(21)18(20)24-17/h7,11,13H,3-6,8-10,12H2,1-2H3. The van der Waals surface area contributed by atoms with Crippen molar-refractivity contribution in [3.8, 4) is 0 Å². The lowest BCUT2D eigenvalue weighted by Crippen LogP contribution is -2.34. The molecule has 1 saturated heterocycles. The van der Waals surface area contributed by atoms with Gasteiger partial charge in [-0.05, 0) is 51.5 Å². The van der Waals surface area contributed by atoms with E-state index in [4.69, 9.17) is 9.47 Å². The average Bonchev–Trinajstić information content (AvgIpc) is 2.99. The van der Waals surface area contributed by atoms with Crippen molar-refractivity contribution in [1.29, 1.82) is 0 Å². The highest BCUT2D eigenvalue weighted by molar-refractivity contribution is 5.88. The molecule has 0 N–H and O–H groups in total. The molecule has 4 heteroatoms. The monoisotopic (exact) mass is 327 g/mol. The summed E-state index contributed by atoms with van der Waals surface area (Å²) in [5.74, 6) is 1.65. The molecule has 0 aromatic rings. The van der Waals surface area contributed by atoms with Crippen molar-refractivity contribution in [1.82, 2.24) is 4.90 Å². The van der Waals surface area contributed by atoms with Crippen LogP contribution in [0.3, 0.4) is 0 Å². The van der Waals surface area contributed by atoms with Crippen LogP contribution in [0.2, 0.25) is 0 Å². The van der Waals surface area contributed by atoms with Crippen molar-refractivity contribution < 1.29 is 14.3 Å². The summed E-state index contributed by atoms with van der Waals surface area (Å²) in [6.45, 7) is 4.06. The minimum Gasteiger partial charge on any atom is -0.463 e. The minimum absolute atomic E-state index is 0.0155. The maximum Gasteiger partial charge on any atom is 0.337 e. The van der Waals surface area contributed by atoms with Crippen LogP contribution in [0.1, 0.15) is 58.8 Å². The Hall–Kier alpha value is -1.97. The van der Waals surface area contributed by atoms with E-state index in [1.54, 1.807) is 0 Å². The number of esters is 1. The van der Waals surface area contributed by atoms with Gasteiger partial charge in [0.05, 0.1) is 23.3 Å². The van der Waals surface area contributed by atoms with E-state index in [9.17, 15) is 4.79 Å². The van der Waals surface area contributed by atoms with Crippen LogP contribution in [-0.2, 0) is 14.3 Å². The van der Waals surface area contributed by atoms with E-state index in [0.29, 0.717) is 12.2 Å². The zero-order chi connectivity index (χ0) is 16.7. The average molecular weight is 327 g/mol. The van der Waals surface area contributed by atoms with E-state index in [1.165, 1.54) is 24.1 Å². The molecule has 1 unspecified atom stereocenters. The Kier molecular flexibility index (Phi) is 3.78. The molecule has 0 aromatic heterocycles. The van der Waals surface area contributed by atoms with E-state index in [2.05, 4.69) is 23.4 Å². The van der Waals surface area contributed by atoms with Crippen LogP contribution in [0, 0.1) is 5.41 Å². The van der Waals surface area contributed by atoms with Gasteiger partial charge in [0.25, 0.3) is 0 Å². The SMILES string of the molecule is CCOC(=O)C(C)=C1CC23CCCCC2=CN2C=CCCC2=C3O1. The molecule has 4 rings (SSSR count). The molecule has 0 bridgehead atoms. The van der Waals surface area contributed by atoms with Gasteiger partial charge >= 0.3 is 5.97 Å². The number of allylic oxidation sites excluding steroid dienone is 4. The second-order valence-corrected chi connectivity index (χ2v) is 7.10. The van der Waals surface area contributed by atoms with Gasteiger partial charge in [0.15, 0.2) is 0 Å². The van der Waals surface area contributed by atoms with Gasteiger partial charge in [-0.25, -0.2) is 4.79 Å². The molecule has 0 radical (unpaired) electrons. The third-order valence-electron chi connectivity index (χ3n) is 5.72.